The van der Waals surface area contributed by atoms with Crippen LogP contribution in [0.2, 0.25) is 0 Å². The van der Waals surface area contributed by atoms with Crippen LogP contribution in [0.15, 0.2) is 53.5 Å². The van der Waals surface area contributed by atoms with E-state index < -0.39 is 0 Å². The lowest BCUT2D eigenvalue weighted by Crippen LogP contribution is -2.26. The first-order valence-corrected chi connectivity index (χ1v) is 9.13. The quantitative estimate of drug-likeness (QED) is 0.715. The van der Waals surface area contributed by atoms with Gasteiger partial charge in [0.1, 0.15) is 5.75 Å². The normalized spacial score (nSPS) is 11.0. The summed E-state index contributed by atoms with van der Waals surface area (Å²) in [6, 6.07) is 12.5. The number of amides is 1. The minimum atomic E-state index is -0.227. The highest BCUT2D eigenvalue weighted by molar-refractivity contribution is 6.09. The van der Waals surface area contributed by atoms with E-state index in [1.165, 1.54) is 0 Å². The Labute approximate surface area is 164 Å². The molecule has 0 aliphatic carbocycles. The second kappa shape index (κ2) is 8.27. The molecule has 146 valence electrons. The number of hydrogen-bond acceptors (Lipinski definition) is 4. The molecule has 6 heteroatoms. The molecule has 0 radical (unpaired) electrons. The van der Waals surface area contributed by atoms with Crippen molar-refractivity contribution in [2.24, 2.45) is 0 Å². The third kappa shape index (κ3) is 4.07. The predicted octanol–water partition coefficient (Wildman–Crippen LogP) is 3.13. The smallest absolute Gasteiger partial charge is 0.258 e. The molecule has 0 bridgehead atoms. The molecule has 6 nitrogen and oxygen atoms in total. The predicted molar refractivity (Wildman–Crippen MR) is 112 cm³/mol. The van der Waals surface area contributed by atoms with E-state index in [1.54, 1.807) is 54.3 Å². The molecule has 0 saturated carbocycles. The van der Waals surface area contributed by atoms with Gasteiger partial charge in [0, 0.05) is 41.3 Å². The maximum absolute atomic E-state index is 12.8. The molecular formula is C22H25N3O3. The van der Waals surface area contributed by atoms with Gasteiger partial charge in [-0.25, -0.2) is 0 Å². The van der Waals surface area contributed by atoms with E-state index >= 15 is 0 Å². The van der Waals surface area contributed by atoms with Crippen LogP contribution < -0.4 is 15.6 Å². The summed E-state index contributed by atoms with van der Waals surface area (Å²) in [5.74, 6) is 0.509. The Kier molecular flexibility index (Phi) is 5.80. The fraction of sp³-hybridized carbons (Fsp3) is 0.273. The Morgan fingerprint density at radius 3 is 2.61 bits per heavy atom. The number of carbonyl (C=O) groups excluding carboxylic acids is 1. The van der Waals surface area contributed by atoms with Crippen LogP contribution in [0.25, 0.3) is 10.8 Å². The number of hydrogen-bond donors (Lipinski definition) is 1. The highest BCUT2D eigenvalue weighted by Crippen LogP contribution is 2.23. The topological polar surface area (TPSA) is 63.6 Å². The average molecular weight is 379 g/mol. The molecule has 3 aromatic rings. The lowest BCUT2D eigenvalue weighted by atomic mass is 10.1. The van der Waals surface area contributed by atoms with Crippen LogP contribution in [0.5, 0.6) is 5.75 Å². The van der Waals surface area contributed by atoms with Crippen LogP contribution >= 0.6 is 0 Å². The molecule has 1 heterocycles. The minimum Gasteiger partial charge on any atom is -0.496 e. The van der Waals surface area contributed by atoms with Gasteiger partial charge >= 0.3 is 0 Å². The van der Waals surface area contributed by atoms with Gasteiger partial charge in [-0.05, 0) is 63.0 Å². The second-order valence-electron chi connectivity index (χ2n) is 7.02. The van der Waals surface area contributed by atoms with Crippen LogP contribution in [0.4, 0.5) is 5.69 Å². The number of nitrogens with zero attached hydrogens (tertiary/aromatic N) is 2. The maximum atomic E-state index is 12.8. The summed E-state index contributed by atoms with van der Waals surface area (Å²) in [7, 11) is 5.55. The molecule has 0 atom stereocenters. The van der Waals surface area contributed by atoms with E-state index in [9.17, 15) is 9.59 Å². The Bertz CT molecular complexity index is 1070. The van der Waals surface area contributed by atoms with Gasteiger partial charge in [-0.15, -0.1) is 0 Å². The van der Waals surface area contributed by atoms with E-state index in [-0.39, 0.29) is 11.5 Å². The fourth-order valence-electron chi connectivity index (χ4n) is 3.13. The fourth-order valence-corrected chi connectivity index (χ4v) is 3.13. The van der Waals surface area contributed by atoms with E-state index in [0.717, 1.165) is 23.2 Å². The van der Waals surface area contributed by atoms with Gasteiger partial charge in [-0.1, -0.05) is 6.07 Å². The van der Waals surface area contributed by atoms with Gasteiger partial charge < -0.3 is 19.5 Å². The van der Waals surface area contributed by atoms with Crippen molar-refractivity contribution in [3.8, 4) is 5.75 Å². The number of rotatable bonds is 6. The molecule has 0 fully saturated rings. The summed E-state index contributed by atoms with van der Waals surface area (Å²) in [4.78, 5) is 27.5. The number of carbonyl (C=O) groups is 1. The number of benzene rings is 2. The number of nitrogens with one attached hydrogen (secondary N) is 1. The second-order valence-corrected chi connectivity index (χ2v) is 7.02. The van der Waals surface area contributed by atoms with Crippen LogP contribution in [-0.2, 0) is 6.54 Å². The standard InChI is InChI=1S/C22H25N3O3/c1-15-14-16(8-9-20(15)28-4)21(26)23-19-7-5-6-18-17(19)10-11-25(22(18)27)13-12-24(2)3/h5-11,14H,12-13H2,1-4H3,(H,23,26). The van der Waals surface area contributed by atoms with Crippen LogP contribution in [0.3, 0.4) is 0 Å². The summed E-state index contributed by atoms with van der Waals surface area (Å²) >= 11 is 0. The largest absolute Gasteiger partial charge is 0.496 e. The molecule has 2 aromatic carbocycles. The van der Waals surface area contributed by atoms with Crippen LogP contribution in [0, 0.1) is 6.92 Å². The number of pyridine rings is 1. The number of ether oxygens (including phenoxy) is 1. The van der Waals surface area contributed by atoms with Crippen LogP contribution in [0.1, 0.15) is 15.9 Å². The Hall–Kier alpha value is -3.12. The SMILES string of the molecule is COc1ccc(C(=O)Nc2cccc3c(=O)n(CCN(C)C)ccc23)cc1C. The number of fused-ring (bicyclic) bond motifs is 1. The maximum Gasteiger partial charge on any atom is 0.258 e. The van der Waals surface area contributed by atoms with Crippen molar-refractivity contribution in [1.82, 2.24) is 9.47 Å². The molecule has 3 rings (SSSR count). The molecule has 0 saturated heterocycles. The molecular weight excluding hydrogens is 354 g/mol. The van der Waals surface area contributed by atoms with Gasteiger partial charge in [0.25, 0.3) is 11.5 Å². The number of likely N-dealkylation sites (N-methyl/N-ethyl adjacent to an activating group) is 1. The zero-order valence-electron chi connectivity index (χ0n) is 16.7. The van der Waals surface area contributed by atoms with Crippen molar-refractivity contribution in [2.45, 2.75) is 13.5 Å². The highest BCUT2D eigenvalue weighted by atomic mass is 16.5. The van der Waals surface area contributed by atoms with Crippen molar-refractivity contribution in [3.63, 3.8) is 0 Å². The summed E-state index contributed by atoms with van der Waals surface area (Å²) < 4.78 is 6.94. The average Bonchev–Trinajstić information content (AvgIpc) is 2.67. The van der Waals surface area contributed by atoms with E-state index in [0.29, 0.717) is 23.2 Å². The number of methoxy groups -OCH3 is 1. The molecule has 0 aliphatic rings. The van der Waals surface area contributed by atoms with E-state index in [2.05, 4.69) is 5.32 Å². The highest BCUT2D eigenvalue weighted by Gasteiger charge is 2.12. The van der Waals surface area contributed by atoms with Crippen LogP contribution in [-0.4, -0.2) is 43.1 Å². The molecule has 0 unspecified atom stereocenters. The van der Waals surface area contributed by atoms with Gasteiger partial charge in [-0.2, -0.15) is 0 Å². The van der Waals surface area contributed by atoms with Crippen molar-refractivity contribution >= 4 is 22.4 Å². The summed E-state index contributed by atoms with van der Waals surface area (Å²) in [5.41, 5.74) is 1.98. The van der Waals surface area contributed by atoms with Crippen molar-refractivity contribution in [3.05, 3.63) is 70.1 Å². The minimum absolute atomic E-state index is 0.0595. The first-order chi connectivity index (χ1) is 13.4. The molecule has 0 aliphatic heterocycles. The van der Waals surface area contributed by atoms with Gasteiger partial charge in [0.15, 0.2) is 0 Å². The molecule has 1 amide bonds. The number of anilines is 1. The van der Waals surface area contributed by atoms with Gasteiger partial charge in [0.05, 0.1) is 7.11 Å². The zero-order chi connectivity index (χ0) is 20.3. The molecule has 1 aromatic heterocycles. The first-order valence-electron chi connectivity index (χ1n) is 9.13. The van der Waals surface area contributed by atoms with E-state index in [1.807, 2.05) is 32.0 Å². The first kappa shape index (κ1) is 19.6. The number of aromatic nitrogens is 1. The molecule has 1 N–H and O–H groups in total. The lowest BCUT2D eigenvalue weighted by molar-refractivity contribution is 0.102. The van der Waals surface area contributed by atoms with Crippen molar-refractivity contribution in [2.75, 3.05) is 33.1 Å². The van der Waals surface area contributed by atoms with Gasteiger partial charge in [0.2, 0.25) is 0 Å². The third-order valence-electron chi connectivity index (χ3n) is 4.71. The summed E-state index contributed by atoms with van der Waals surface area (Å²) in [5, 5.41) is 4.24. The summed E-state index contributed by atoms with van der Waals surface area (Å²) in [6.07, 6.45) is 1.78. The number of aryl methyl sites for hydroxylation is 1. The van der Waals surface area contributed by atoms with Crippen molar-refractivity contribution < 1.29 is 9.53 Å². The third-order valence-corrected chi connectivity index (χ3v) is 4.71. The Morgan fingerprint density at radius 1 is 1.14 bits per heavy atom. The van der Waals surface area contributed by atoms with E-state index in [4.69, 9.17) is 4.74 Å². The lowest BCUT2D eigenvalue weighted by Gasteiger charge is -2.14. The van der Waals surface area contributed by atoms with Crippen molar-refractivity contribution in [1.29, 1.82) is 0 Å². The molecule has 0 spiro atoms. The zero-order valence-corrected chi connectivity index (χ0v) is 16.7. The summed E-state index contributed by atoms with van der Waals surface area (Å²) in [6.45, 7) is 3.28. The monoisotopic (exact) mass is 379 g/mol. The van der Waals surface area contributed by atoms with Gasteiger partial charge in [-0.3, -0.25) is 9.59 Å². The Morgan fingerprint density at radius 2 is 1.93 bits per heavy atom. The Balaban J connectivity index is 1.91. The molecule has 28 heavy (non-hydrogen) atoms.